The van der Waals surface area contributed by atoms with Gasteiger partial charge in [-0.05, 0) is 6.07 Å². The summed E-state index contributed by atoms with van der Waals surface area (Å²) in [6.07, 6.45) is 0. The van der Waals surface area contributed by atoms with Gasteiger partial charge in [0.25, 0.3) is 11.4 Å². The van der Waals surface area contributed by atoms with Crippen molar-refractivity contribution in [3.63, 3.8) is 0 Å². The summed E-state index contributed by atoms with van der Waals surface area (Å²) in [5.41, 5.74) is -0.776. The van der Waals surface area contributed by atoms with Crippen molar-refractivity contribution in [1.82, 2.24) is 0 Å². The maximum Gasteiger partial charge on any atom is 0.315 e. The second kappa shape index (κ2) is 5.96. The van der Waals surface area contributed by atoms with Crippen molar-refractivity contribution < 1.29 is 19.4 Å². The van der Waals surface area contributed by atoms with Gasteiger partial charge >= 0.3 is 5.97 Å². The molecular weight excluding hydrogens is 264 g/mol. The maximum atomic E-state index is 10.9. The van der Waals surface area contributed by atoms with E-state index in [0.717, 1.165) is 23.9 Å². The van der Waals surface area contributed by atoms with Crippen molar-refractivity contribution in [3.05, 3.63) is 38.4 Å². The van der Waals surface area contributed by atoms with E-state index in [4.69, 9.17) is 0 Å². The molecule has 0 aliphatic heterocycles. The van der Waals surface area contributed by atoms with Crippen molar-refractivity contribution in [2.75, 3.05) is 12.9 Å². The van der Waals surface area contributed by atoms with Gasteiger partial charge in [-0.2, -0.15) is 0 Å². The number of non-ortho nitro benzene ring substituents is 1. The lowest BCUT2D eigenvalue weighted by molar-refractivity contribution is -0.396. The highest BCUT2D eigenvalue weighted by molar-refractivity contribution is 8.00. The van der Waals surface area contributed by atoms with Gasteiger partial charge in [0, 0.05) is 6.07 Å². The Labute approximate surface area is 105 Å². The van der Waals surface area contributed by atoms with Crippen LogP contribution in [0, 0.1) is 20.2 Å². The number of nitro benzene ring substituents is 2. The minimum absolute atomic E-state index is 0.102. The van der Waals surface area contributed by atoms with Gasteiger partial charge in [0.15, 0.2) is 0 Å². The van der Waals surface area contributed by atoms with Crippen molar-refractivity contribution >= 4 is 29.1 Å². The van der Waals surface area contributed by atoms with Crippen LogP contribution < -0.4 is 0 Å². The largest absolute Gasteiger partial charge is 0.468 e. The van der Waals surface area contributed by atoms with Gasteiger partial charge in [-0.25, -0.2) is 0 Å². The van der Waals surface area contributed by atoms with Crippen LogP contribution in [0.1, 0.15) is 0 Å². The minimum atomic E-state index is -0.730. The zero-order valence-electron chi connectivity index (χ0n) is 9.19. The molecule has 96 valence electrons. The Morgan fingerprint density at radius 3 is 2.50 bits per heavy atom. The average molecular weight is 272 g/mol. The molecule has 1 rings (SSSR count). The maximum absolute atomic E-state index is 10.9. The number of thioether (sulfide) groups is 1. The van der Waals surface area contributed by atoms with E-state index in [1.54, 1.807) is 0 Å². The molecule has 0 aliphatic rings. The molecule has 0 unspecified atom stereocenters. The first kappa shape index (κ1) is 13.9. The van der Waals surface area contributed by atoms with Crippen molar-refractivity contribution in [2.24, 2.45) is 0 Å². The Morgan fingerprint density at radius 2 is 2.00 bits per heavy atom. The smallest absolute Gasteiger partial charge is 0.315 e. The predicted molar refractivity (Wildman–Crippen MR) is 62.5 cm³/mol. The molecule has 0 N–H and O–H groups in total. The Hall–Kier alpha value is -2.16. The number of ether oxygens (including phenoxy) is 1. The number of nitro groups is 2. The Bertz CT molecular complexity index is 504. The normalized spacial score (nSPS) is 9.83. The Kier molecular flexibility index (Phi) is 4.60. The molecule has 1 aromatic rings. The molecule has 18 heavy (non-hydrogen) atoms. The second-order valence-electron chi connectivity index (χ2n) is 3.03. The Balaban J connectivity index is 3.00. The molecule has 0 aliphatic carbocycles. The van der Waals surface area contributed by atoms with Gasteiger partial charge in [-0.15, -0.1) is 11.8 Å². The molecule has 0 radical (unpaired) electrons. The van der Waals surface area contributed by atoms with Crippen LogP contribution in [-0.4, -0.2) is 28.7 Å². The highest BCUT2D eigenvalue weighted by Crippen LogP contribution is 2.32. The van der Waals surface area contributed by atoms with Crippen LogP contribution in [0.25, 0.3) is 0 Å². The molecule has 8 nitrogen and oxygen atoms in total. The van der Waals surface area contributed by atoms with Gasteiger partial charge in [0.1, 0.15) is 0 Å². The lowest BCUT2D eigenvalue weighted by atomic mass is 10.3. The topological polar surface area (TPSA) is 113 Å². The van der Waals surface area contributed by atoms with Crippen LogP contribution >= 0.6 is 11.8 Å². The lowest BCUT2D eigenvalue weighted by Gasteiger charge is -2.02. The van der Waals surface area contributed by atoms with Gasteiger partial charge < -0.3 is 4.74 Å². The van der Waals surface area contributed by atoms with E-state index in [0.29, 0.717) is 0 Å². The molecule has 0 heterocycles. The lowest BCUT2D eigenvalue weighted by Crippen LogP contribution is -2.03. The van der Waals surface area contributed by atoms with E-state index in [2.05, 4.69) is 4.74 Å². The molecule has 1 aromatic carbocycles. The monoisotopic (exact) mass is 272 g/mol. The fourth-order valence-electron chi connectivity index (χ4n) is 1.08. The third-order valence-corrected chi connectivity index (χ3v) is 2.96. The fraction of sp³-hybridized carbons (Fsp3) is 0.222. The first-order valence-electron chi connectivity index (χ1n) is 4.58. The van der Waals surface area contributed by atoms with Crippen LogP contribution in [0.2, 0.25) is 0 Å². The molecule has 0 amide bonds. The highest BCUT2D eigenvalue weighted by Gasteiger charge is 2.20. The van der Waals surface area contributed by atoms with E-state index in [-0.39, 0.29) is 16.3 Å². The molecule has 0 bridgehead atoms. The van der Waals surface area contributed by atoms with Crippen molar-refractivity contribution in [3.8, 4) is 0 Å². The number of carbonyl (C=O) groups is 1. The summed E-state index contributed by atoms with van der Waals surface area (Å²) in [6.45, 7) is 0. The average Bonchev–Trinajstić information content (AvgIpc) is 2.35. The first-order chi connectivity index (χ1) is 8.45. The SMILES string of the molecule is COC(=O)CSc1ccc([N+](=O)[O-])cc1[N+](=O)[O-]. The van der Waals surface area contributed by atoms with E-state index < -0.39 is 21.5 Å². The standard InChI is InChI=1S/C9H8N2O6S/c1-17-9(12)5-18-8-3-2-6(10(13)14)4-7(8)11(15)16/h2-4H,5H2,1H3. The zero-order chi connectivity index (χ0) is 13.7. The van der Waals surface area contributed by atoms with Gasteiger partial charge in [-0.1, -0.05) is 0 Å². The summed E-state index contributed by atoms with van der Waals surface area (Å²) in [6, 6.07) is 3.25. The van der Waals surface area contributed by atoms with Gasteiger partial charge in [0.05, 0.1) is 33.7 Å². The summed E-state index contributed by atoms with van der Waals surface area (Å²) in [5.74, 6) is -0.637. The predicted octanol–water partition coefficient (Wildman–Crippen LogP) is 1.77. The molecule has 0 saturated heterocycles. The minimum Gasteiger partial charge on any atom is -0.468 e. The Morgan fingerprint density at radius 1 is 1.33 bits per heavy atom. The van der Waals surface area contributed by atoms with Crippen LogP contribution in [0.4, 0.5) is 11.4 Å². The summed E-state index contributed by atoms with van der Waals surface area (Å²) < 4.78 is 4.40. The summed E-state index contributed by atoms with van der Waals surface area (Å²) in [7, 11) is 1.20. The van der Waals surface area contributed by atoms with E-state index >= 15 is 0 Å². The number of benzene rings is 1. The molecule has 0 fully saturated rings. The quantitative estimate of drug-likeness (QED) is 0.347. The van der Waals surface area contributed by atoms with Crippen LogP contribution in [0.5, 0.6) is 0 Å². The molecule has 0 saturated carbocycles. The number of methoxy groups -OCH3 is 1. The van der Waals surface area contributed by atoms with Crippen LogP contribution in [0.15, 0.2) is 23.1 Å². The number of rotatable bonds is 5. The van der Waals surface area contributed by atoms with Crippen molar-refractivity contribution in [1.29, 1.82) is 0 Å². The number of nitrogens with zero attached hydrogens (tertiary/aromatic N) is 2. The summed E-state index contributed by atoms with van der Waals surface area (Å²) in [4.78, 5) is 30.9. The van der Waals surface area contributed by atoms with Crippen LogP contribution in [-0.2, 0) is 9.53 Å². The van der Waals surface area contributed by atoms with Gasteiger partial charge in [-0.3, -0.25) is 25.0 Å². The van der Waals surface area contributed by atoms with E-state index in [1.807, 2.05) is 0 Å². The number of esters is 1. The molecule has 0 atom stereocenters. The van der Waals surface area contributed by atoms with Gasteiger partial charge in [0.2, 0.25) is 0 Å². The molecule has 0 spiro atoms. The van der Waals surface area contributed by atoms with Crippen LogP contribution in [0.3, 0.4) is 0 Å². The third kappa shape index (κ3) is 3.42. The molecule has 9 heteroatoms. The van der Waals surface area contributed by atoms with E-state index in [9.17, 15) is 25.0 Å². The number of carbonyl (C=O) groups excluding carboxylic acids is 1. The number of hydrogen-bond donors (Lipinski definition) is 0. The molecule has 0 aromatic heterocycles. The number of hydrogen-bond acceptors (Lipinski definition) is 7. The van der Waals surface area contributed by atoms with Crippen molar-refractivity contribution in [2.45, 2.75) is 4.90 Å². The fourth-order valence-corrected chi connectivity index (χ4v) is 1.92. The second-order valence-corrected chi connectivity index (χ2v) is 4.05. The summed E-state index contributed by atoms with van der Waals surface area (Å²) >= 11 is 0.890. The van der Waals surface area contributed by atoms with E-state index in [1.165, 1.54) is 13.2 Å². The molecular formula is C9H8N2O6S. The highest BCUT2D eigenvalue weighted by atomic mass is 32.2. The first-order valence-corrected chi connectivity index (χ1v) is 5.56. The summed E-state index contributed by atoms with van der Waals surface area (Å²) in [5, 5.41) is 21.3. The zero-order valence-corrected chi connectivity index (χ0v) is 10.0. The third-order valence-electron chi connectivity index (χ3n) is 1.92.